The molecule has 0 heterocycles. The minimum Gasteiger partial charge on any atom is -0.495 e. The number of halogens is 1. The predicted molar refractivity (Wildman–Crippen MR) is 89.6 cm³/mol. The molecular formula is C17H20ClNO3. The van der Waals surface area contributed by atoms with Gasteiger partial charge in [0.05, 0.1) is 25.8 Å². The van der Waals surface area contributed by atoms with Crippen molar-refractivity contribution < 1.29 is 14.2 Å². The Morgan fingerprint density at radius 1 is 1.00 bits per heavy atom. The highest BCUT2D eigenvalue weighted by Crippen LogP contribution is 2.28. The first-order chi connectivity index (χ1) is 10.6. The summed E-state index contributed by atoms with van der Waals surface area (Å²) in [6.07, 6.45) is -0.0304. The summed E-state index contributed by atoms with van der Waals surface area (Å²) in [4.78, 5) is 0. The fraction of sp³-hybridized carbons (Fsp3) is 0.294. The number of anilines is 1. The van der Waals surface area contributed by atoms with Crippen molar-refractivity contribution in [3.63, 3.8) is 0 Å². The van der Waals surface area contributed by atoms with Gasteiger partial charge in [-0.1, -0.05) is 23.7 Å². The second-order valence-corrected chi connectivity index (χ2v) is 5.22. The van der Waals surface area contributed by atoms with E-state index in [1.165, 1.54) is 0 Å². The zero-order chi connectivity index (χ0) is 15.9. The molecule has 5 heteroatoms. The highest BCUT2D eigenvalue weighted by atomic mass is 35.5. The maximum absolute atomic E-state index is 6.10. The van der Waals surface area contributed by atoms with Crippen molar-refractivity contribution in [3.05, 3.63) is 47.5 Å². The number of methoxy groups -OCH3 is 2. The second-order valence-electron chi connectivity index (χ2n) is 4.81. The van der Waals surface area contributed by atoms with Gasteiger partial charge in [0.15, 0.2) is 11.5 Å². The van der Waals surface area contributed by atoms with Crippen LogP contribution in [0, 0.1) is 0 Å². The van der Waals surface area contributed by atoms with Crippen LogP contribution in [0.1, 0.15) is 6.92 Å². The van der Waals surface area contributed by atoms with Crippen LogP contribution in [0.25, 0.3) is 0 Å². The van der Waals surface area contributed by atoms with Crippen LogP contribution in [-0.4, -0.2) is 26.9 Å². The molecule has 0 aromatic heterocycles. The van der Waals surface area contributed by atoms with Crippen molar-refractivity contribution in [1.29, 1.82) is 0 Å². The van der Waals surface area contributed by atoms with E-state index < -0.39 is 0 Å². The molecule has 2 aromatic rings. The van der Waals surface area contributed by atoms with E-state index in [2.05, 4.69) is 5.32 Å². The maximum Gasteiger partial charge on any atom is 0.161 e. The monoisotopic (exact) mass is 321 g/mol. The lowest BCUT2D eigenvalue weighted by Crippen LogP contribution is -2.22. The highest BCUT2D eigenvalue weighted by molar-refractivity contribution is 6.32. The Bertz CT molecular complexity index is 619. The molecule has 1 atom stereocenters. The van der Waals surface area contributed by atoms with Crippen LogP contribution in [0.2, 0.25) is 5.02 Å². The molecule has 1 unspecified atom stereocenters. The zero-order valence-electron chi connectivity index (χ0n) is 12.9. The Morgan fingerprint density at radius 3 is 2.32 bits per heavy atom. The van der Waals surface area contributed by atoms with Gasteiger partial charge in [-0.2, -0.15) is 0 Å². The first kappa shape index (κ1) is 16.3. The van der Waals surface area contributed by atoms with E-state index >= 15 is 0 Å². The van der Waals surface area contributed by atoms with Gasteiger partial charge in [0.1, 0.15) is 11.9 Å². The third kappa shape index (κ3) is 4.21. The summed E-state index contributed by atoms with van der Waals surface area (Å²) in [5.41, 5.74) is 0.918. The zero-order valence-corrected chi connectivity index (χ0v) is 13.7. The van der Waals surface area contributed by atoms with Crippen molar-refractivity contribution in [2.45, 2.75) is 13.0 Å². The fourth-order valence-corrected chi connectivity index (χ4v) is 2.27. The molecule has 22 heavy (non-hydrogen) atoms. The Kier molecular flexibility index (Phi) is 5.78. The van der Waals surface area contributed by atoms with Gasteiger partial charge >= 0.3 is 0 Å². The summed E-state index contributed by atoms with van der Waals surface area (Å²) in [6, 6.07) is 13.2. The lowest BCUT2D eigenvalue weighted by atomic mass is 10.2. The molecule has 0 fully saturated rings. The molecule has 0 aliphatic heterocycles. The summed E-state index contributed by atoms with van der Waals surface area (Å²) in [5, 5.41) is 3.86. The number of ether oxygens (including phenoxy) is 3. The number of nitrogens with one attached hydrogen (secondary N) is 1. The Labute approximate surface area is 136 Å². The first-order valence-electron chi connectivity index (χ1n) is 7.01. The molecule has 118 valence electrons. The van der Waals surface area contributed by atoms with Crippen molar-refractivity contribution in [1.82, 2.24) is 0 Å². The van der Waals surface area contributed by atoms with Gasteiger partial charge in [0.2, 0.25) is 0 Å². The van der Waals surface area contributed by atoms with Gasteiger partial charge in [0, 0.05) is 5.69 Å². The smallest absolute Gasteiger partial charge is 0.161 e. The lowest BCUT2D eigenvalue weighted by Gasteiger charge is -2.18. The van der Waals surface area contributed by atoms with Crippen LogP contribution >= 0.6 is 11.6 Å². The Balaban J connectivity index is 1.92. The van der Waals surface area contributed by atoms with E-state index in [0.29, 0.717) is 17.3 Å². The van der Waals surface area contributed by atoms with Crippen LogP contribution in [-0.2, 0) is 0 Å². The fourth-order valence-electron chi connectivity index (χ4n) is 2.01. The Morgan fingerprint density at radius 2 is 1.68 bits per heavy atom. The van der Waals surface area contributed by atoms with Crippen molar-refractivity contribution >= 4 is 17.3 Å². The second kappa shape index (κ2) is 7.80. The number of hydrogen-bond acceptors (Lipinski definition) is 4. The van der Waals surface area contributed by atoms with E-state index in [9.17, 15) is 0 Å². The number of benzene rings is 2. The largest absolute Gasteiger partial charge is 0.495 e. The van der Waals surface area contributed by atoms with Crippen LogP contribution in [0.5, 0.6) is 17.2 Å². The van der Waals surface area contributed by atoms with Crippen LogP contribution in [0.15, 0.2) is 42.5 Å². The van der Waals surface area contributed by atoms with E-state index in [1.54, 1.807) is 14.2 Å². The van der Waals surface area contributed by atoms with Gasteiger partial charge in [-0.3, -0.25) is 0 Å². The van der Waals surface area contributed by atoms with Crippen molar-refractivity contribution in [2.75, 3.05) is 26.1 Å². The van der Waals surface area contributed by atoms with Gasteiger partial charge in [-0.15, -0.1) is 0 Å². The molecule has 2 aromatic carbocycles. The van der Waals surface area contributed by atoms with Gasteiger partial charge in [-0.25, -0.2) is 0 Å². The summed E-state index contributed by atoms with van der Waals surface area (Å²) in [7, 11) is 3.22. The van der Waals surface area contributed by atoms with Crippen molar-refractivity contribution in [2.24, 2.45) is 0 Å². The molecule has 0 bridgehead atoms. The van der Waals surface area contributed by atoms with E-state index in [1.807, 2.05) is 49.4 Å². The van der Waals surface area contributed by atoms with Gasteiger partial charge in [-0.05, 0) is 37.3 Å². The first-order valence-corrected chi connectivity index (χ1v) is 7.39. The van der Waals surface area contributed by atoms with Gasteiger partial charge < -0.3 is 19.5 Å². The quantitative estimate of drug-likeness (QED) is 0.828. The Hall–Kier alpha value is -2.07. The van der Waals surface area contributed by atoms with Crippen LogP contribution in [0.4, 0.5) is 5.69 Å². The summed E-state index contributed by atoms with van der Waals surface area (Å²) in [6.45, 7) is 2.63. The molecule has 4 nitrogen and oxygen atoms in total. The molecular weight excluding hydrogens is 302 g/mol. The lowest BCUT2D eigenvalue weighted by molar-refractivity contribution is 0.223. The van der Waals surface area contributed by atoms with Gasteiger partial charge in [0.25, 0.3) is 0 Å². The molecule has 2 rings (SSSR count). The normalized spacial score (nSPS) is 11.6. The number of para-hydroxylation sites is 2. The van der Waals surface area contributed by atoms with E-state index in [0.717, 1.165) is 17.2 Å². The standard InChI is InChI=1S/C17H20ClNO3/c1-12(22-17-7-5-4-6-16(17)21-3)11-19-13-8-9-15(20-2)14(18)10-13/h4-10,12,19H,11H2,1-3H3. The maximum atomic E-state index is 6.10. The SMILES string of the molecule is COc1ccc(NCC(C)Oc2ccccc2OC)cc1Cl. The molecule has 0 aliphatic carbocycles. The topological polar surface area (TPSA) is 39.7 Å². The molecule has 0 aliphatic rings. The molecule has 0 saturated carbocycles. The number of rotatable bonds is 7. The van der Waals surface area contributed by atoms with Crippen molar-refractivity contribution in [3.8, 4) is 17.2 Å². The molecule has 0 radical (unpaired) electrons. The molecule has 0 amide bonds. The minimum absolute atomic E-state index is 0.0304. The van der Waals surface area contributed by atoms with Crippen LogP contribution < -0.4 is 19.5 Å². The predicted octanol–water partition coefficient (Wildman–Crippen LogP) is 4.24. The molecule has 0 saturated heterocycles. The third-order valence-electron chi connectivity index (χ3n) is 3.14. The molecule has 0 spiro atoms. The summed E-state index contributed by atoms with van der Waals surface area (Å²) in [5.74, 6) is 2.11. The average molecular weight is 322 g/mol. The average Bonchev–Trinajstić information content (AvgIpc) is 2.53. The minimum atomic E-state index is -0.0304. The molecule has 1 N–H and O–H groups in total. The third-order valence-corrected chi connectivity index (χ3v) is 3.44. The summed E-state index contributed by atoms with van der Waals surface area (Å²) < 4.78 is 16.3. The highest BCUT2D eigenvalue weighted by Gasteiger charge is 2.09. The number of hydrogen-bond donors (Lipinski definition) is 1. The summed E-state index contributed by atoms with van der Waals surface area (Å²) >= 11 is 6.10. The van der Waals surface area contributed by atoms with E-state index in [4.69, 9.17) is 25.8 Å². The van der Waals surface area contributed by atoms with E-state index in [-0.39, 0.29) is 6.10 Å². The van der Waals surface area contributed by atoms with Crippen LogP contribution in [0.3, 0.4) is 0 Å².